The highest BCUT2D eigenvalue weighted by molar-refractivity contribution is 6.16. The molecule has 1 atom stereocenters. The Morgan fingerprint density at radius 2 is 0.849 bits per heavy atom. The van der Waals surface area contributed by atoms with Crippen LogP contribution in [0.1, 0.15) is 47.2 Å². The van der Waals surface area contributed by atoms with Crippen molar-refractivity contribution < 1.29 is 8.83 Å². The van der Waals surface area contributed by atoms with E-state index in [1.165, 1.54) is 83.3 Å². The Bertz CT molecular complexity index is 4470. The molecule has 342 valence electrons. The van der Waals surface area contributed by atoms with Gasteiger partial charge in [0.25, 0.3) is 0 Å². The number of fused-ring (bicyclic) bond motifs is 20. The minimum atomic E-state index is -0.547. The quantitative estimate of drug-likeness (QED) is 0.172. The van der Waals surface area contributed by atoms with Gasteiger partial charge in [-0.3, -0.25) is 0 Å². The van der Waals surface area contributed by atoms with Crippen LogP contribution in [0.15, 0.2) is 245 Å². The van der Waals surface area contributed by atoms with E-state index in [0.717, 1.165) is 66.7 Å². The van der Waals surface area contributed by atoms with E-state index in [-0.39, 0.29) is 5.41 Å². The molecule has 1 spiro atoms. The fourth-order valence-corrected chi connectivity index (χ4v) is 13.6. The Balaban J connectivity index is 0.868. The molecule has 0 aliphatic heterocycles. The van der Waals surface area contributed by atoms with E-state index in [0.29, 0.717) is 0 Å². The maximum Gasteiger partial charge on any atom is 0.143 e. The molecule has 13 aromatic rings. The van der Waals surface area contributed by atoms with Crippen LogP contribution in [0.5, 0.6) is 0 Å². The van der Waals surface area contributed by atoms with Gasteiger partial charge in [-0.15, -0.1) is 0 Å². The fourth-order valence-electron chi connectivity index (χ4n) is 13.6. The van der Waals surface area contributed by atoms with Crippen molar-refractivity contribution in [2.75, 3.05) is 4.90 Å². The molecule has 0 saturated heterocycles. The molecule has 0 bridgehead atoms. The molecule has 2 heterocycles. The smallest absolute Gasteiger partial charge is 0.143 e. The molecule has 3 aliphatic rings. The second-order valence-electron chi connectivity index (χ2n) is 20.6. The van der Waals surface area contributed by atoms with E-state index in [1.54, 1.807) is 0 Å². The number of para-hydroxylation sites is 3. The second kappa shape index (κ2) is 14.7. The molecule has 3 aliphatic carbocycles. The third-order valence-electron chi connectivity index (χ3n) is 16.7. The number of anilines is 3. The van der Waals surface area contributed by atoms with Crippen molar-refractivity contribution in [1.29, 1.82) is 0 Å². The number of nitrogens with zero attached hydrogens (tertiary/aromatic N) is 1. The molecule has 73 heavy (non-hydrogen) atoms. The second-order valence-corrected chi connectivity index (χ2v) is 20.6. The van der Waals surface area contributed by atoms with Gasteiger partial charge in [-0.05, 0) is 138 Å². The normalized spacial score (nSPS) is 15.4. The van der Waals surface area contributed by atoms with Crippen LogP contribution < -0.4 is 4.90 Å². The molecule has 0 fully saturated rings. The van der Waals surface area contributed by atoms with E-state index >= 15 is 0 Å². The number of rotatable bonds is 5. The lowest BCUT2D eigenvalue weighted by Crippen LogP contribution is -2.26. The van der Waals surface area contributed by atoms with Gasteiger partial charge in [0.15, 0.2) is 0 Å². The molecule has 0 N–H and O–H groups in total. The third kappa shape index (κ3) is 5.38. The topological polar surface area (TPSA) is 29.5 Å². The van der Waals surface area contributed by atoms with Gasteiger partial charge >= 0.3 is 0 Å². The molecule has 1 unspecified atom stereocenters. The lowest BCUT2D eigenvalue weighted by molar-refractivity contribution is 0.660. The summed E-state index contributed by atoms with van der Waals surface area (Å²) in [6, 6.07) is 87.2. The van der Waals surface area contributed by atoms with Crippen molar-refractivity contribution in [3.63, 3.8) is 0 Å². The summed E-state index contributed by atoms with van der Waals surface area (Å²) in [6.07, 6.45) is 0. The van der Waals surface area contributed by atoms with Crippen molar-refractivity contribution in [1.82, 2.24) is 0 Å². The summed E-state index contributed by atoms with van der Waals surface area (Å²) in [7, 11) is 0. The van der Waals surface area contributed by atoms with E-state index in [4.69, 9.17) is 8.83 Å². The molecule has 2 aromatic heterocycles. The first kappa shape index (κ1) is 40.5. The maximum absolute atomic E-state index is 6.56. The molecule has 16 rings (SSSR count). The van der Waals surface area contributed by atoms with Crippen LogP contribution in [0.2, 0.25) is 0 Å². The van der Waals surface area contributed by atoms with Gasteiger partial charge in [0, 0.05) is 49.6 Å². The molecule has 0 saturated carbocycles. The minimum absolute atomic E-state index is 0.151. The van der Waals surface area contributed by atoms with E-state index in [9.17, 15) is 0 Å². The molecular weight excluding hydrogens is 887 g/mol. The van der Waals surface area contributed by atoms with Crippen molar-refractivity contribution >= 4 is 60.9 Å². The van der Waals surface area contributed by atoms with Crippen LogP contribution in [-0.2, 0) is 10.8 Å². The molecule has 0 amide bonds. The van der Waals surface area contributed by atoms with E-state index in [2.05, 4.69) is 249 Å². The standard InChI is InChI=1S/C70H45NO2/c1-69(2)57-24-8-3-15-49(57)51-38-37-46(41-61(51)69)71(45-35-31-43(32-36-45)48-21-14-23-54-52-17-6-11-27-62(52)73-68(48)54)44-33-29-42(30-34-44)47-20-13-22-53-50-16-4-9-25-58(50)70(67(47)53)59-26-10-5-18-55(59)65-60(70)39-40-64-66(65)56-19-7-12-28-63(56)72-64/h3-41H,1-2H3. The zero-order valence-corrected chi connectivity index (χ0v) is 40.3. The summed E-state index contributed by atoms with van der Waals surface area (Å²) < 4.78 is 13.1. The average Bonchev–Trinajstić information content (AvgIpc) is 4.23. The molecule has 0 radical (unpaired) electrons. The number of hydrogen-bond donors (Lipinski definition) is 0. The van der Waals surface area contributed by atoms with Crippen LogP contribution in [0.25, 0.3) is 99.5 Å². The predicted octanol–water partition coefficient (Wildman–Crippen LogP) is 18.9. The van der Waals surface area contributed by atoms with Crippen LogP contribution in [0, 0.1) is 0 Å². The first-order chi connectivity index (χ1) is 36.0. The summed E-state index contributed by atoms with van der Waals surface area (Å²) in [5.41, 5.74) is 26.5. The first-order valence-electron chi connectivity index (χ1n) is 25.4. The van der Waals surface area contributed by atoms with Crippen molar-refractivity contribution in [2.24, 2.45) is 0 Å². The van der Waals surface area contributed by atoms with Gasteiger partial charge in [0.2, 0.25) is 0 Å². The van der Waals surface area contributed by atoms with Crippen molar-refractivity contribution in [3.05, 3.63) is 270 Å². The number of hydrogen-bond acceptors (Lipinski definition) is 3. The zero-order chi connectivity index (χ0) is 48.2. The maximum atomic E-state index is 6.56. The minimum Gasteiger partial charge on any atom is -0.456 e. The number of benzene rings is 11. The Morgan fingerprint density at radius 3 is 1.60 bits per heavy atom. The van der Waals surface area contributed by atoms with Crippen LogP contribution in [0.4, 0.5) is 17.1 Å². The zero-order valence-electron chi connectivity index (χ0n) is 40.3. The fraction of sp³-hybridized carbons (Fsp3) is 0.0571. The van der Waals surface area contributed by atoms with Crippen molar-refractivity contribution in [2.45, 2.75) is 24.7 Å². The van der Waals surface area contributed by atoms with Gasteiger partial charge in [-0.2, -0.15) is 0 Å². The van der Waals surface area contributed by atoms with Crippen molar-refractivity contribution in [3.8, 4) is 55.6 Å². The summed E-state index contributed by atoms with van der Waals surface area (Å²) in [5.74, 6) is 0. The van der Waals surface area contributed by atoms with Gasteiger partial charge in [-0.1, -0.05) is 196 Å². The lowest BCUT2D eigenvalue weighted by atomic mass is 9.68. The predicted molar refractivity (Wildman–Crippen MR) is 300 cm³/mol. The Labute approximate surface area is 422 Å². The Hall–Kier alpha value is -9.18. The summed E-state index contributed by atoms with van der Waals surface area (Å²) in [5, 5.41) is 4.60. The van der Waals surface area contributed by atoms with Gasteiger partial charge in [-0.25, -0.2) is 0 Å². The van der Waals surface area contributed by atoms with E-state index in [1.807, 2.05) is 6.07 Å². The number of furan rings is 2. The first-order valence-corrected chi connectivity index (χ1v) is 25.4. The van der Waals surface area contributed by atoms with Gasteiger partial charge < -0.3 is 13.7 Å². The molecule has 11 aromatic carbocycles. The highest BCUT2D eigenvalue weighted by Crippen LogP contribution is 2.66. The molecular formula is C70H45NO2. The molecule has 3 nitrogen and oxygen atoms in total. The Kier molecular flexibility index (Phi) is 8.16. The average molecular weight is 932 g/mol. The summed E-state index contributed by atoms with van der Waals surface area (Å²) >= 11 is 0. The summed E-state index contributed by atoms with van der Waals surface area (Å²) in [4.78, 5) is 2.42. The Morgan fingerprint density at radius 1 is 0.329 bits per heavy atom. The van der Waals surface area contributed by atoms with Crippen LogP contribution >= 0.6 is 0 Å². The van der Waals surface area contributed by atoms with E-state index < -0.39 is 5.41 Å². The van der Waals surface area contributed by atoms with Gasteiger partial charge in [0.1, 0.15) is 22.3 Å². The lowest BCUT2D eigenvalue weighted by Gasteiger charge is -2.32. The monoisotopic (exact) mass is 931 g/mol. The third-order valence-corrected chi connectivity index (χ3v) is 16.7. The highest BCUT2D eigenvalue weighted by Gasteiger charge is 2.53. The summed E-state index contributed by atoms with van der Waals surface area (Å²) in [6.45, 7) is 4.72. The van der Waals surface area contributed by atoms with Crippen LogP contribution in [0.3, 0.4) is 0 Å². The molecule has 3 heteroatoms. The van der Waals surface area contributed by atoms with Crippen LogP contribution in [-0.4, -0.2) is 0 Å². The highest BCUT2D eigenvalue weighted by atomic mass is 16.3. The SMILES string of the molecule is CC1(C)c2ccccc2-c2ccc(N(c3ccc(-c4cccc5c4C4(c6ccccc6-5)c5ccccc5-c5c4ccc4oc6ccccc6c54)cc3)c3ccc(-c4cccc5c4oc4ccccc45)cc3)cc21. The van der Waals surface area contributed by atoms with Gasteiger partial charge in [0.05, 0.1) is 5.41 Å². The largest absolute Gasteiger partial charge is 0.456 e.